The molecule has 0 bridgehead atoms. The maximum Gasteiger partial charge on any atom is 0.243 e. The van der Waals surface area contributed by atoms with E-state index in [9.17, 15) is 18.0 Å². The van der Waals surface area contributed by atoms with Gasteiger partial charge in [0, 0.05) is 32.5 Å². The van der Waals surface area contributed by atoms with E-state index in [1.807, 2.05) is 68.4 Å². The third-order valence-corrected chi connectivity index (χ3v) is 8.34. The summed E-state index contributed by atoms with van der Waals surface area (Å²) in [7, 11) is -3.65. The third kappa shape index (κ3) is 10.4. The smallest absolute Gasteiger partial charge is 0.243 e. The van der Waals surface area contributed by atoms with Crippen LogP contribution < -0.4 is 14.4 Å². The number of carbonyl (C=O) groups excluding carboxylic acids is 2. The van der Waals surface area contributed by atoms with E-state index >= 15 is 0 Å². The maximum absolute atomic E-state index is 14.0. The topological polar surface area (TPSA) is 96.0 Å². The van der Waals surface area contributed by atoms with Gasteiger partial charge in [0.1, 0.15) is 11.8 Å². The summed E-state index contributed by atoms with van der Waals surface area (Å²) >= 11 is 0. The zero-order valence-electron chi connectivity index (χ0n) is 25.8. The van der Waals surface area contributed by atoms with Crippen molar-refractivity contribution in [2.45, 2.75) is 65.5 Å². The highest BCUT2D eigenvalue weighted by Gasteiger charge is 2.30. The molecule has 2 amide bonds. The van der Waals surface area contributed by atoms with Crippen LogP contribution in [0.15, 0.2) is 78.9 Å². The van der Waals surface area contributed by atoms with Crippen LogP contribution in [0.5, 0.6) is 5.75 Å². The summed E-state index contributed by atoms with van der Waals surface area (Å²) < 4.78 is 32.6. The highest BCUT2D eigenvalue weighted by Crippen LogP contribution is 2.30. The summed E-state index contributed by atoms with van der Waals surface area (Å²) in [4.78, 5) is 29.2. The van der Waals surface area contributed by atoms with E-state index in [2.05, 4.69) is 12.2 Å². The standard InChI is InChI=1S/C34H45N3O5S/c1-5-7-23-35-34(39)31(25-28-14-9-8-10-15-28)36(26-29-21-19-27(3)20-22-29)33(38)18-13-24-37(43(4,40)41)30-16-11-12-17-32(30)42-6-2/h8-12,14-17,19-22,31H,5-7,13,18,23-26H2,1-4H3,(H,35,39)/t31-/m1/s1. The van der Waals surface area contributed by atoms with Crippen LogP contribution in [0.25, 0.3) is 0 Å². The van der Waals surface area contributed by atoms with Crippen LogP contribution in [0.2, 0.25) is 0 Å². The van der Waals surface area contributed by atoms with Crippen molar-refractivity contribution in [2.24, 2.45) is 0 Å². The first-order valence-corrected chi connectivity index (χ1v) is 16.8. The average molecular weight is 608 g/mol. The number of para-hydroxylation sites is 2. The van der Waals surface area contributed by atoms with E-state index in [4.69, 9.17) is 4.74 Å². The normalized spacial score (nSPS) is 11.9. The molecule has 0 saturated carbocycles. The molecule has 0 saturated heterocycles. The molecule has 3 aromatic rings. The van der Waals surface area contributed by atoms with Gasteiger partial charge in [-0.1, -0.05) is 85.6 Å². The van der Waals surface area contributed by atoms with E-state index in [-0.39, 0.29) is 37.7 Å². The summed E-state index contributed by atoms with van der Waals surface area (Å²) in [6.07, 6.45) is 3.65. The summed E-state index contributed by atoms with van der Waals surface area (Å²) in [6.45, 7) is 7.20. The Morgan fingerprint density at radius 3 is 2.21 bits per heavy atom. The first-order valence-electron chi connectivity index (χ1n) is 15.0. The van der Waals surface area contributed by atoms with E-state index < -0.39 is 16.1 Å². The number of nitrogens with one attached hydrogen (secondary N) is 1. The number of hydrogen-bond acceptors (Lipinski definition) is 5. The Balaban J connectivity index is 1.88. The van der Waals surface area contributed by atoms with Crippen LogP contribution in [0.3, 0.4) is 0 Å². The minimum atomic E-state index is -3.65. The number of ether oxygens (including phenoxy) is 1. The molecule has 3 aromatic carbocycles. The molecule has 1 atom stereocenters. The molecule has 43 heavy (non-hydrogen) atoms. The minimum Gasteiger partial charge on any atom is -0.492 e. The molecule has 0 aromatic heterocycles. The number of nitrogens with zero attached hydrogens (tertiary/aromatic N) is 2. The largest absolute Gasteiger partial charge is 0.492 e. The Morgan fingerprint density at radius 1 is 0.884 bits per heavy atom. The lowest BCUT2D eigenvalue weighted by Gasteiger charge is -2.32. The first kappa shape index (κ1) is 33.6. The SMILES string of the molecule is CCCCNC(=O)[C@@H](Cc1ccccc1)N(Cc1ccc(C)cc1)C(=O)CCCN(c1ccccc1OCC)S(C)(=O)=O. The van der Waals surface area contributed by atoms with Crippen molar-refractivity contribution < 1.29 is 22.7 Å². The number of aryl methyl sites for hydroxylation is 1. The van der Waals surface area contributed by atoms with Crippen LogP contribution in [0.4, 0.5) is 5.69 Å². The van der Waals surface area contributed by atoms with Crippen molar-refractivity contribution in [2.75, 3.05) is 30.3 Å². The number of carbonyl (C=O) groups is 2. The van der Waals surface area contributed by atoms with Crippen molar-refractivity contribution in [3.05, 3.63) is 95.6 Å². The van der Waals surface area contributed by atoms with Crippen LogP contribution in [-0.4, -0.2) is 57.1 Å². The number of anilines is 1. The highest BCUT2D eigenvalue weighted by molar-refractivity contribution is 7.92. The lowest BCUT2D eigenvalue weighted by Crippen LogP contribution is -2.50. The Labute approximate surface area is 257 Å². The van der Waals surface area contributed by atoms with Crippen molar-refractivity contribution in [1.29, 1.82) is 0 Å². The number of sulfonamides is 1. The van der Waals surface area contributed by atoms with Gasteiger partial charge < -0.3 is 15.0 Å². The Morgan fingerprint density at radius 2 is 1.56 bits per heavy atom. The molecule has 0 aliphatic rings. The molecule has 0 radical (unpaired) electrons. The molecular formula is C34H45N3O5S. The predicted octanol–water partition coefficient (Wildman–Crippen LogP) is 5.50. The fraction of sp³-hybridized carbons (Fsp3) is 0.412. The molecule has 8 nitrogen and oxygen atoms in total. The predicted molar refractivity (Wildman–Crippen MR) is 173 cm³/mol. The van der Waals surface area contributed by atoms with Gasteiger partial charge in [-0.3, -0.25) is 13.9 Å². The zero-order chi connectivity index (χ0) is 31.2. The average Bonchev–Trinajstić information content (AvgIpc) is 2.98. The van der Waals surface area contributed by atoms with E-state index in [1.54, 1.807) is 29.2 Å². The van der Waals surface area contributed by atoms with Crippen LogP contribution in [0, 0.1) is 6.92 Å². The van der Waals surface area contributed by atoms with E-state index in [0.717, 1.165) is 35.8 Å². The van der Waals surface area contributed by atoms with Crippen molar-refractivity contribution in [3.8, 4) is 5.75 Å². The molecule has 0 fully saturated rings. The molecule has 0 heterocycles. The van der Waals surface area contributed by atoms with Crippen LogP contribution >= 0.6 is 0 Å². The van der Waals surface area contributed by atoms with Crippen LogP contribution in [0.1, 0.15) is 56.2 Å². The van der Waals surface area contributed by atoms with Gasteiger partial charge in [-0.05, 0) is 49.9 Å². The van der Waals surface area contributed by atoms with Gasteiger partial charge in [0.15, 0.2) is 0 Å². The van der Waals surface area contributed by atoms with Gasteiger partial charge in [0.2, 0.25) is 21.8 Å². The molecule has 1 N–H and O–H groups in total. The fourth-order valence-electron chi connectivity index (χ4n) is 4.87. The molecule has 0 aliphatic heterocycles. The van der Waals surface area contributed by atoms with Crippen molar-refractivity contribution in [3.63, 3.8) is 0 Å². The second-order valence-electron chi connectivity index (χ2n) is 10.7. The molecule has 0 unspecified atom stereocenters. The van der Waals surface area contributed by atoms with Gasteiger partial charge in [0.05, 0.1) is 18.6 Å². The molecule has 3 rings (SSSR count). The van der Waals surface area contributed by atoms with Gasteiger partial charge >= 0.3 is 0 Å². The summed E-state index contributed by atoms with van der Waals surface area (Å²) in [5.41, 5.74) is 3.42. The molecule has 0 aliphatic carbocycles. The highest BCUT2D eigenvalue weighted by atomic mass is 32.2. The molecule has 0 spiro atoms. The van der Waals surface area contributed by atoms with Crippen molar-refractivity contribution in [1.82, 2.24) is 10.2 Å². The van der Waals surface area contributed by atoms with Crippen molar-refractivity contribution >= 4 is 27.5 Å². The first-order chi connectivity index (χ1) is 20.6. The molecule has 9 heteroatoms. The second-order valence-corrected chi connectivity index (χ2v) is 12.6. The second kappa shape index (κ2) is 16.7. The van der Waals surface area contributed by atoms with Gasteiger partial charge in [0.25, 0.3) is 0 Å². The van der Waals surface area contributed by atoms with Crippen LogP contribution in [-0.2, 0) is 32.6 Å². The monoisotopic (exact) mass is 607 g/mol. The fourth-order valence-corrected chi connectivity index (χ4v) is 5.84. The minimum absolute atomic E-state index is 0.0716. The Hall–Kier alpha value is -3.85. The summed E-state index contributed by atoms with van der Waals surface area (Å²) in [6, 6.07) is 23.9. The molecule has 232 valence electrons. The Kier molecular flexibility index (Phi) is 13.1. The zero-order valence-corrected chi connectivity index (χ0v) is 26.6. The number of unbranched alkanes of at least 4 members (excludes halogenated alkanes) is 1. The molecular weight excluding hydrogens is 562 g/mol. The van der Waals surface area contributed by atoms with E-state index in [0.29, 0.717) is 31.0 Å². The number of amides is 2. The van der Waals surface area contributed by atoms with Gasteiger partial charge in [-0.2, -0.15) is 0 Å². The van der Waals surface area contributed by atoms with Gasteiger partial charge in [-0.15, -0.1) is 0 Å². The third-order valence-electron chi connectivity index (χ3n) is 7.16. The van der Waals surface area contributed by atoms with Gasteiger partial charge in [-0.25, -0.2) is 8.42 Å². The quantitative estimate of drug-likeness (QED) is 0.205. The maximum atomic E-state index is 14.0. The summed E-state index contributed by atoms with van der Waals surface area (Å²) in [5, 5.41) is 3.03. The Bertz CT molecular complexity index is 1410. The summed E-state index contributed by atoms with van der Waals surface area (Å²) in [5.74, 6) is 0.0642. The van der Waals surface area contributed by atoms with E-state index in [1.165, 1.54) is 4.31 Å². The number of rotatable bonds is 17. The number of benzene rings is 3. The lowest BCUT2D eigenvalue weighted by atomic mass is 10.0. The number of hydrogen-bond donors (Lipinski definition) is 1. The lowest BCUT2D eigenvalue weighted by molar-refractivity contribution is -0.141.